The average Bonchev–Trinajstić information content (AvgIpc) is 2.23. The molecule has 82 valence electrons. The Morgan fingerprint density at radius 1 is 1.33 bits per heavy atom. The summed E-state index contributed by atoms with van der Waals surface area (Å²) in [5, 5.41) is -0.197. The summed E-state index contributed by atoms with van der Waals surface area (Å²) in [5.74, 6) is -4.11. The molecule has 0 aromatic heterocycles. The summed E-state index contributed by atoms with van der Waals surface area (Å²) in [5.41, 5.74) is -0.569. The number of hydrogen-bond donors (Lipinski definition) is 0. The van der Waals surface area contributed by atoms with Crippen LogP contribution in [0.1, 0.15) is 10.4 Å². The number of rotatable bonds is 2. The van der Waals surface area contributed by atoms with E-state index in [1.807, 2.05) is 0 Å². The minimum Gasteiger partial charge on any atom is -0.492 e. The number of carbonyl (C=O) groups is 1. The molecule has 0 saturated heterocycles. The zero-order valence-electron chi connectivity index (χ0n) is 7.94. The van der Waals surface area contributed by atoms with Crippen molar-refractivity contribution in [2.45, 2.75) is 0 Å². The van der Waals surface area contributed by atoms with Crippen molar-refractivity contribution >= 4 is 17.6 Å². The van der Waals surface area contributed by atoms with E-state index in [-0.39, 0.29) is 5.02 Å². The fraction of sp³-hybridized carbons (Fsp3) is 0.222. The maximum Gasteiger partial charge on any atom is 0.341 e. The van der Waals surface area contributed by atoms with E-state index in [4.69, 9.17) is 11.6 Å². The monoisotopic (exact) mass is 236 g/mol. The second-order valence-corrected chi connectivity index (χ2v) is 2.97. The Hall–Kier alpha value is -1.36. The van der Waals surface area contributed by atoms with Gasteiger partial charge in [-0.1, -0.05) is 11.6 Å². The van der Waals surface area contributed by atoms with Crippen LogP contribution in [0, 0.1) is 11.6 Å². The Morgan fingerprint density at radius 3 is 2.40 bits per heavy atom. The van der Waals surface area contributed by atoms with Crippen LogP contribution in [-0.4, -0.2) is 20.2 Å². The van der Waals surface area contributed by atoms with Gasteiger partial charge in [-0.2, -0.15) is 4.39 Å². The van der Waals surface area contributed by atoms with Crippen LogP contribution in [0.25, 0.3) is 0 Å². The van der Waals surface area contributed by atoms with Gasteiger partial charge in [0.25, 0.3) is 0 Å². The van der Waals surface area contributed by atoms with Crippen molar-refractivity contribution in [1.29, 1.82) is 0 Å². The van der Waals surface area contributed by atoms with E-state index in [9.17, 15) is 13.6 Å². The van der Waals surface area contributed by atoms with Crippen LogP contribution in [0.5, 0.6) is 5.75 Å². The first kappa shape index (κ1) is 11.7. The first-order chi connectivity index (χ1) is 7.02. The van der Waals surface area contributed by atoms with Crippen molar-refractivity contribution in [2.24, 2.45) is 0 Å². The third-order valence-corrected chi connectivity index (χ3v) is 2.01. The maximum absolute atomic E-state index is 13.3. The molecule has 0 N–H and O–H groups in total. The summed E-state index contributed by atoms with van der Waals surface area (Å²) < 4.78 is 35.3. The molecule has 0 aliphatic rings. The van der Waals surface area contributed by atoms with Crippen LogP contribution in [0.15, 0.2) is 6.07 Å². The highest BCUT2D eigenvalue weighted by Crippen LogP contribution is 2.31. The van der Waals surface area contributed by atoms with Crippen LogP contribution < -0.4 is 4.74 Å². The lowest BCUT2D eigenvalue weighted by Crippen LogP contribution is -2.07. The minimum absolute atomic E-state index is 0.197. The zero-order valence-corrected chi connectivity index (χ0v) is 8.69. The van der Waals surface area contributed by atoms with Crippen molar-refractivity contribution in [3.05, 3.63) is 28.3 Å². The number of halogens is 3. The van der Waals surface area contributed by atoms with Gasteiger partial charge in [-0.3, -0.25) is 0 Å². The molecule has 0 aliphatic carbocycles. The van der Waals surface area contributed by atoms with E-state index in [0.29, 0.717) is 0 Å². The predicted octanol–water partition coefficient (Wildman–Crippen LogP) is 2.41. The summed E-state index contributed by atoms with van der Waals surface area (Å²) in [4.78, 5) is 11.0. The van der Waals surface area contributed by atoms with E-state index in [0.717, 1.165) is 20.3 Å². The van der Waals surface area contributed by atoms with Crippen LogP contribution >= 0.6 is 11.6 Å². The third kappa shape index (κ3) is 2.02. The summed E-state index contributed by atoms with van der Waals surface area (Å²) in [6, 6.07) is 0.949. The summed E-state index contributed by atoms with van der Waals surface area (Å²) in [6.45, 7) is 0. The minimum atomic E-state index is -1.34. The van der Waals surface area contributed by atoms with Crippen LogP contribution in [0.2, 0.25) is 5.02 Å². The van der Waals surface area contributed by atoms with Crippen molar-refractivity contribution < 1.29 is 23.0 Å². The highest BCUT2D eigenvalue weighted by atomic mass is 35.5. The Morgan fingerprint density at radius 2 is 1.93 bits per heavy atom. The third-order valence-electron chi connectivity index (χ3n) is 1.73. The first-order valence-corrected chi connectivity index (χ1v) is 4.20. The van der Waals surface area contributed by atoms with Gasteiger partial charge in [0.1, 0.15) is 5.56 Å². The number of hydrogen-bond acceptors (Lipinski definition) is 3. The van der Waals surface area contributed by atoms with Gasteiger partial charge < -0.3 is 9.47 Å². The second-order valence-electron chi connectivity index (χ2n) is 2.56. The zero-order chi connectivity index (χ0) is 11.6. The van der Waals surface area contributed by atoms with E-state index in [1.54, 1.807) is 0 Å². The molecule has 0 spiro atoms. The SMILES string of the molecule is COC(=O)c1cc(Cl)c(OC)c(F)c1F. The van der Waals surface area contributed by atoms with Gasteiger partial charge in [-0.15, -0.1) is 0 Å². The van der Waals surface area contributed by atoms with Gasteiger partial charge in [0.2, 0.25) is 5.82 Å². The maximum atomic E-state index is 13.3. The summed E-state index contributed by atoms with van der Waals surface area (Å²) in [7, 11) is 2.19. The summed E-state index contributed by atoms with van der Waals surface area (Å²) in [6.07, 6.45) is 0. The van der Waals surface area contributed by atoms with Crippen molar-refractivity contribution in [3.63, 3.8) is 0 Å². The molecule has 0 fully saturated rings. The van der Waals surface area contributed by atoms with Crippen molar-refractivity contribution in [2.75, 3.05) is 14.2 Å². The molecule has 0 atom stereocenters. The molecule has 1 rings (SSSR count). The van der Waals surface area contributed by atoms with Crippen LogP contribution in [0.3, 0.4) is 0 Å². The Bertz CT molecular complexity index is 407. The lowest BCUT2D eigenvalue weighted by molar-refractivity contribution is 0.0594. The molecule has 0 aliphatic heterocycles. The number of carbonyl (C=O) groups excluding carboxylic acids is 1. The molecular formula is C9H7ClF2O3. The quantitative estimate of drug-likeness (QED) is 0.584. The molecule has 0 radical (unpaired) electrons. The molecular weight excluding hydrogens is 230 g/mol. The Kier molecular flexibility index (Phi) is 3.47. The predicted molar refractivity (Wildman–Crippen MR) is 49.3 cm³/mol. The van der Waals surface area contributed by atoms with E-state index in [1.165, 1.54) is 0 Å². The van der Waals surface area contributed by atoms with Gasteiger partial charge >= 0.3 is 5.97 Å². The van der Waals surface area contributed by atoms with E-state index < -0.39 is 28.9 Å². The van der Waals surface area contributed by atoms with Crippen molar-refractivity contribution in [1.82, 2.24) is 0 Å². The van der Waals surface area contributed by atoms with Gasteiger partial charge in [-0.25, -0.2) is 9.18 Å². The van der Waals surface area contributed by atoms with Crippen LogP contribution in [0.4, 0.5) is 8.78 Å². The molecule has 1 aromatic carbocycles. The normalized spacial score (nSPS) is 9.93. The largest absolute Gasteiger partial charge is 0.492 e. The average molecular weight is 237 g/mol. The Labute approximate surface area is 89.5 Å². The van der Waals surface area contributed by atoms with Gasteiger partial charge in [0, 0.05) is 0 Å². The lowest BCUT2D eigenvalue weighted by atomic mass is 10.2. The fourth-order valence-corrected chi connectivity index (χ4v) is 1.29. The molecule has 0 bridgehead atoms. The van der Waals surface area contributed by atoms with Crippen LogP contribution in [-0.2, 0) is 4.74 Å². The first-order valence-electron chi connectivity index (χ1n) is 3.82. The number of methoxy groups -OCH3 is 2. The second kappa shape index (κ2) is 4.44. The molecule has 0 unspecified atom stereocenters. The molecule has 15 heavy (non-hydrogen) atoms. The number of benzene rings is 1. The molecule has 0 saturated carbocycles. The molecule has 0 amide bonds. The molecule has 3 nitrogen and oxygen atoms in total. The molecule has 1 aromatic rings. The van der Waals surface area contributed by atoms with Gasteiger partial charge in [0.15, 0.2) is 11.6 Å². The topological polar surface area (TPSA) is 35.5 Å². The van der Waals surface area contributed by atoms with Gasteiger partial charge in [0.05, 0.1) is 19.2 Å². The number of ether oxygens (including phenoxy) is 2. The summed E-state index contributed by atoms with van der Waals surface area (Å²) >= 11 is 5.57. The highest BCUT2D eigenvalue weighted by Gasteiger charge is 2.22. The Balaban J connectivity index is 3.40. The van der Waals surface area contributed by atoms with E-state index in [2.05, 4.69) is 9.47 Å². The molecule has 6 heteroatoms. The lowest BCUT2D eigenvalue weighted by Gasteiger charge is -2.08. The smallest absolute Gasteiger partial charge is 0.341 e. The van der Waals surface area contributed by atoms with Crippen molar-refractivity contribution in [3.8, 4) is 5.75 Å². The standard InChI is InChI=1S/C9H7ClF2O3/c1-14-8-5(10)3-4(9(13)15-2)6(11)7(8)12/h3H,1-2H3. The molecule has 0 heterocycles. The van der Waals surface area contributed by atoms with Gasteiger partial charge in [-0.05, 0) is 6.07 Å². The number of esters is 1. The highest BCUT2D eigenvalue weighted by molar-refractivity contribution is 6.32. The van der Waals surface area contributed by atoms with E-state index >= 15 is 0 Å². The fourth-order valence-electron chi connectivity index (χ4n) is 1.02.